The van der Waals surface area contributed by atoms with Crippen molar-refractivity contribution in [3.8, 4) is 0 Å². The Morgan fingerprint density at radius 1 is 1.58 bits per heavy atom. The molecule has 3 nitrogen and oxygen atoms in total. The monoisotopic (exact) mass is 166 g/mol. The molecule has 0 radical (unpaired) electrons. The topological polar surface area (TPSA) is 42.4 Å². The van der Waals surface area contributed by atoms with Crippen molar-refractivity contribution < 1.29 is 4.42 Å². The summed E-state index contributed by atoms with van der Waals surface area (Å²) in [6.07, 6.45) is 3.50. The Bertz CT molecular complexity index is 245. The number of furan rings is 1. The van der Waals surface area contributed by atoms with Crippen molar-refractivity contribution in [2.24, 2.45) is 5.73 Å². The van der Waals surface area contributed by atoms with Crippen LogP contribution in [-0.4, -0.2) is 31.1 Å². The molecule has 0 spiro atoms. The van der Waals surface area contributed by atoms with Crippen LogP contribution in [0.5, 0.6) is 0 Å². The lowest BCUT2D eigenvalue weighted by Gasteiger charge is -2.10. The molecule has 2 heterocycles. The van der Waals surface area contributed by atoms with Gasteiger partial charge in [0.1, 0.15) is 0 Å². The first-order chi connectivity index (χ1) is 5.77. The average molecular weight is 166 g/mol. The Kier molecular flexibility index (Phi) is 1.90. The van der Waals surface area contributed by atoms with E-state index in [1.807, 2.05) is 6.07 Å². The number of hydrogen-bond donors (Lipinski definition) is 1. The minimum absolute atomic E-state index is 0.257. The highest BCUT2D eigenvalue weighted by atomic mass is 16.3. The fourth-order valence-corrected chi connectivity index (χ4v) is 1.87. The Labute approximate surface area is 72.1 Å². The fraction of sp³-hybridized carbons (Fsp3) is 0.556. The Balaban J connectivity index is 2.15. The highest BCUT2D eigenvalue weighted by Gasteiger charge is 2.29. The number of nitrogens with two attached hydrogens (primary N) is 1. The van der Waals surface area contributed by atoms with Crippen molar-refractivity contribution >= 4 is 0 Å². The van der Waals surface area contributed by atoms with Crippen molar-refractivity contribution in [1.82, 2.24) is 4.90 Å². The zero-order chi connectivity index (χ0) is 8.55. The molecule has 0 saturated carbocycles. The summed E-state index contributed by atoms with van der Waals surface area (Å²) in [7, 11) is 2.10. The highest BCUT2D eigenvalue weighted by molar-refractivity contribution is 5.18. The second kappa shape index (κ2) is 2.92. The molecular formula is C9H14N2O. The molecule has 0 amide bonds. The summed E-state index contributed by atoms with van der Waals surface area (Å²) in [5.41, 5.74) is 7.21. The first-order valence-electron chi connectivity index (χ1n) is 4.23. The van der Waals surface area contributed by atoms with Crippen LogP contribution in [0.4, 0.5) is 0 Å². The predicted molar refractivity (Wildman–Crippen MR) is 46.9 cm³/mol. The quantitative estimate of drug-likeness (QED) is 0.665. The second-order valence-electron chi connectivity index (χ2n) is 3.55. The van der Waals surface area contributed by atoms with Crippen molar-refractivity contribution in [1.29, 1.82) is 0 Å². The maximum absolute atomic E-state index is 5.98. The van der Waals surface area contributed by atoms with E-state index in [0.717, 1.165) is 13.1 Å². The van der Waals surface area contributed by atoms with Crippen LogP contribution in [0.1, 0.15) is 11.5 Å². The summed E-state index contributed by atoms with van der Waals surface area (Å²) < 4.78 is 5.04. The summed E-state index contributed by atoms with van der Waals surface area (Å²) >= 11 is 0. The minimum Gasteiger partial charge on any atom is -0.472 e. The molecule has 66 valence electrons. The molecule has 0 aromatic carbocycles. The van der Waals surface area contributed by atoms with Crippen LogP contribution in [-0.2, 0) is 0 Å². The SMILES string of the molecule is CN1CC(N)C(c2ccoc2)C1. The summed E-state index contributed by atoms with van der Waals surface area (Å²) in [6.45, 7) is 2.02. The molecule has 1 aliphatic rings. The summed E-state index contributed by atoms with van der Waals surface area (Å²) in [5, 5.41) is 0. The molecule has 2 atom stereocenters. The molecule has 1 aliphatic heterocycles. The van der Waals surface area contributed by atoms with Crippen LogP contribution in [0.2, 0.25) is 0 Å². The van der Waals surface area contributed by atoms with Gasteiger partial charge in [0.25, 0.3) is 0 Å². The van der Waals surface area contributed by atoms with Crippen molar-refractivity contribution in [2.75, 3.05) is 20.1 Å². The van der Waals surface area contributed by atoms with Gasteiger partial charge in [-0.3, -0.25) is 0 Å². The minimum atomic E-state index is 0.257. The van der Waals surface area contributed by atoms with Gasteiger partial charge >= 0.3 is 0 Å². The van der Waals surface area contributed by atoms with E-state index in [2.05, 4.69) is 11.9 Å². The molecule has 3 heteroatoms. The van der Waals surface area contributed by atoms with E-state index in [1.165, 1.54) is 5.56 Å². The highest BCUT2D eigenvalue weighted by Crippen LogP contribution is 2.25. The number of likely N-dealkylation sites (tertiary alicyclic amines) is 1. The van der Waals surface area contributed by atoms with E-state index in [1.54, 1.807) is 12.5 Å². The van der Waals surface area contributed by atoms with Crippen molar-refractivity contribution in [3.05, 3.63) is 24.2 Å². The van der Waals surface area contributed by atoms with Crippen molar-refractivity contribution in [3.63, 3.8) is 0 Å². The van der Waals surface area contributed by atoms with Crippen LogP contribution >= 0.6 is 0 Å². The van der Waals surface area contributed by atoms with Gasteiger partial charge < -0.3 is 15.1 Å². The largest absolute Gasteiger partial charge is 0.472 e. The van der Waals surface area contributed by atoms with Gasteiger partial charge in [0.15, 0.2) is 0 Å². The lowest BCUT2D eigenvalue weighted by atomic mass is 9.98. The van der Waals surface area contributed by atoms with Gasteiger partial charge in [0, 0.05) is 25.0 Å². The molecule has 0 bridgehead atoms. The molecular weight excluding hydrogens is 152 g/mol. The van der Waals surface area contributed by atoms with Gasteiger partial charge in [0.2, 0.25) is 0 Å². The second-order valence-corrected chi connectivity index (χ2v) is 3.55. The van der Waals surface area contributed by atoms with Crippen LogP contribution in [0.3, 0.4) is 0 Å². The van der Waals surface area contributed by atoms with E-state index in [0.29, 0.717) is 5.92 Å². The number of rotatable bonds is 1. The van der Waals surface area contributed by atoms with Gasteiger partial charge in [-0.2, -0.15) is 0 Å². The Hall–Kier alpha value is -0.800. The molecule has 2 unspecified atom stereocenters. The fourth-order valence-electron chi connectivity index (χ4n) is 1.87. The average Bonchev–Trinajstić information content (AvgIpc) is 2.58. The molecule has 1 aromatic heterocycles. The number of nitrogens with zero attached hydrogens (tertiary/aromatic N) is 1. The van der Waals surface area contributed by atoms with E-state index < -0.39 is 0 Å². The van der Waals surface area contributed by atoms with Gasteiger partial charge in [0.05, 0.1) is 12.5 Å². The maximum Gasteiger partial charge on any atom is 0.0938 e. The molecule has 2 N–H and O–H groups in total. The Morgan fingerprint density at radius 3 is 2.92 bits per heavy atom. The predicted octanol–water partition coefficient (Wildman–Crippen LogP) is 0.636. The number of likely N-dealkylation sites (N-methyl/N-ethyl adjacent to an activating group) is 1. The molecule has 0 aliphatic carbocycles. The zero-order valence-corrected chi connectivity index (χ0v) is 7.23. The summed E-state index contributed by atoms with van der Waals surface area (Å²) in [5.74, 6) is 0.453. The first-order valence-corrected chi connectivity index (χ1v) is 4.23. The maximum atomic E-state index is 5.98. The standard InChI is InChI=1S/C9H14N2O/c1-11-4-8(9(10)5-11)7-2-3-12-6-7/h2-3,6,8-9H,4-5,10H2,1H3. The van der Waals surface area contributed by atoms with Crippen LogP contribution in [0.15, 0.2) is 23.0 Å². The van der Waals surface area contributed by atoms with Crippen LogP contribution in [0, 0.1) is 0 Å². The van der Waals surface area contributed by atoms with Crippen molar-refractivity contribution in [2.45, 2.75) is 12.0 Å². The van der Waals surface area contributed by atoms with Gasteiger partial charge in [-0.15, -0.1) is 0 Å². The van der Waals surface area contributed by atoms with E-state index >= 15 is 0 Å². The number of hydrogen-bond acceptors (Lipinski definition) is 3. The summed E-state index contributed by atoms with van der Waals surface area (Å²) in [4.78, 5) is 2.25. The third kappa shape index (κ3) is 1.26. The van der Waals surface area contributed by atoms with E-state index in [4.69, 9.17) is 10.2 Å². The lowest BCUT2D eigenvalue weighted by Crippen LogP contribution is -2.27. The normalized spacial score (nSPS) is 31.2. The molecule has 1 aromatic rings. The van der Waals surface area contributed by atoms with Crippen LogP contribution < -0.4 is 5.73 Å². The van der Waals surface area contributed by atoms with E-state index in [9.17, 15) is 0 Å². The third-order valence-electron chi connectivity index (χ3n) is 2.52. The molecule has 12 heavy (non-hydrogen) atoms. The van der Waals surface area contributed by atoms with Gasteiger partial charge in [-0.25, -0.2) is 0 Å². The molecule has 1 fully saturated rings. The van der Waals surface area contributed by atoms with E-state index in [-0.39, 0.29) is 6.04 Å². The first kappa shape index (κ1) is 7.83. The van der Waals surface area contributed by atoms with Gasteiger partial charge in [-0.1, -0.05) is 0 Å². The lowest BCUT2D eigenvalue weighted by molar-refractivity contribution is 0.407. The Morgan fingerprint density at radius 2 is 2.42 bits per heavy atom. The smallest absolute Gasteiger partial charge is 0.0938 e. The van der Waals surface area contributed by atoms with Gasteiger partial charge in [-0.05, 0) is 18.7 Å². The zero-order valence-electron chi connectivity index (χ0n) is 7.23. The molecule has 2 rings (SSSR count). The third-order valence-corrected chi connectivity index (χ3v) is 2.52. The van der Waals surface area contributed by atoms with Crippen LogP contribution in [0.25, 0.3) is 0 Å². The summed E-state index contributed by atoms with van der Waals surface area (Å²) in [6, 6.07) is 2.26. The molecule has 1 saturated heterocycles.